The summed E-state index contributed by atoms with van der Waals surface area (Å²) in [6.07, 6.45) is -8.68. The number of aliphatic imine (C=N–C) groups is 1. The third-order valence-corrected chi connectivity index (χ3v) is 6.09. The number of anilines is 1. The highest BCUT2D eigenvalue weighted by atomic mass is 19.4. The molecule has 3 atom stereocenters. The number of hydrogen-bond donors (Lipinski definition) is 2. The van der Waals surface area contributed by atoms with Crippen molar-refractivity contribution in [2.45, 2.75) is 56.6 Å². The maximum atomic E-state index is 13.6. The van der Waals surface area contributed by atoms with E-state index in [1.807, 2.05) is 18.2 Å². The van der Waals surface area contributed by atoms with Crippen LogP contribution in [0.4, 0.5) is 32.0 Å². The molecule has 2 heterocycles. The molecular formula is C25H24F6N4O2. The van der Waals surface area contributed by atoms with Gasteiger partial charge in [0.2, 0.25) is 12.1 Å². The lowest BCUT2D eigenvalue weighted by Gasteiger charge is -2.32. The lowest BCUT2D eigenvalue weighted by molar-refractivity contribution is -0.274. The van der Waals surface area contributed by atoms with Crippen LogP contribution >= 0.6 is 0 Å². The van der Waals surface area contributed by atoms with E-state index in [1.165, 1.54) is 29.3 Å². The van der Waals surface area contributed by atoms with Gasteiger partial charge >= 0.3 is 12.5 Å². The van der Waals surface area contributed by atoms with Gasteiger partial charge in [0, 0.05) is 11.9 Å². The van der Waals surface area contributed by atoms with Crippen LogP contribution in [0.1, 0.15) is 31.9 Å². The Labute approximate surface area is 209 Å². The summed E-state index contributed by atoms with van der Waals surface area (Å²) in [5.74, 6) is -0.804. The highest BCUT2D eigenvalue weighted by Gasteiger charge is 2.45. The lowest BCUT2D eigenvalue weighted by Crippen LogP contribution is -2.55. The average molecular weight is 526 g/mol. The van der Waals surface area contributed by atoms with E-state index in [4.69, 9.17) is 0 Å². The number of carbonyl (C=O) groups is 1. The SMILES string of the molecule is CC(C)(N[C@@H]1C[C@H](c2ccccc2)N(c2ccc(OC(F)(F)F)cc2)C1=O)C1=NC(C(F)(F)F)NC=C1. The van der Waals surface area contributed by atoms with E-state index >= 15 is 0 Å². The van der Waals surface area contributed by atoms with Crippen LogP contribution in [-0.4, -0.2) is 41.9 Å². The summed E-state index contributed by atoms with van der Waals surface area (Å²) in [7, 11) is 0. The molecule has 37 heavy (non-hydrogen) atoms. The normalized spacial score (nSPS) is 22.6. The second-order valence-corrected chi connectivity index (χ2v) is 9.19. The fraction of sp³-hybridized carbons (Fsp3) is 0.360. The predicted octanol–water partition coefficient (Wildman–Crippen LogP) is 5.25. The average Bonchev–Trinajstić information content (AvgIpc) is 3.14. The molecule has 0 saturated carbocycles. The Kier molecular flexibility index (Phi) is 6.97. The van der Waals surface area contributed by atoms with Crippen molar-refractivity contribution in [1.29, 1.82) is 0 Å². The summed E-state index contributed by atoms with van der Waals surface area (Å²) in [6, 6.07) is 12.7. The Morgan fingerprint density at radius 2 is 1.65 bits per heavy atom. The zero-order chi connectivity index (χ0) is 27.0. The van der Waals surface area contributed by atoms with Crippen molar-refractivity contribution in [2.75, 3.05) is 4.90 Å². The van der Waals surface area contributed by atoms with E-state index in [-0.39, 0.29) is 18.0 Å². The van der Waals surface area contributed by atoms with E-state index in [0.29, 0.717) is 5.69 Å². The third-order valence-electron chi connectivity index (χ3n) is 6.09. The number of hydrogen-bond acceptors (Lipinski definition) is 5. The maximum Gasteiger partial charge on any atom is 0.573 e. The molecule has 2 aromatic rings. The molecular weight excluding hydrogens is 502 g/mol. The fourth-order valence-electron chi connectivity index (χ4n) is 4.43. The Morgan fingerprint density at radius 3 is 2.24 bits per heavy atom. The van der Waals surface area contributed by atoms with Gasteiger partial charge in [-0.3, -0.25) is 15.1 Å². The first-order valence-corrected chi connectivity index (χ1v) is 11.3. The van der Waals surface area contributed by atoms with Crippen molar-refractivity contribution in [3.63, 3.8) is 0 Å². The minimum atomic E-state index is -4.85. The van der Waals surface area contributed by atoms with Crippen LogP contribution in [0.3, 0.4) is 0 Å². The molecule has 2 aliphatic heterocycles. The van der Waals surface area contributed by atoms with Crippen LogP contribution in [0.2, 0.25) is 0 Å². The van der Waals surface area contributed by atoms with Gasteiger partial charge in [-0.05, 0) is 56.2 Å². The van der Waals surface area contributed by atoms with Crippen molar-refractivity contribution in [2.24, 2.45) is 4.99 Å². The van der Waals surface area contributed by atoms with Crippen LogP contribution < -0.4 is 20.3 Å². The monoisotopic (exact) mass is 526 g/mol. The van der Waals surface area contributed by atoms with Crippen molar-refractivity contribution in [1.82, 2.24) is 10.6 Å². The maximum absolute atomic E-state index is 13.6. The highest BCUT2D eigenvalue weighted by molar-refractivity contribution is 6.04. The summed E-state index contributed by atoms with van der Waals surface area (Å²) in [4.78, 5) is 18.8. The minimum Gasteiger partial charge on any atom is -0.406 e. The first-order valence-electron chi connectivity index (χ1n) is 11.3. The molecule has 1 amide bonds. The van der Waals surface area contributed by atoms with Crippen molar-refractivity contribution in [3.05, 3.63) is 72.4 Å². The topological polar surface area (TPSA) is 66.0 Å². The third kappa shape index (κ3) is 6.07. The number of benzene rings is 2. The van der Waals surface area contributed by atoms with Crippen LogP contribution in [0, 0.1) is 0 Å². The van der Waals surface area contributed by atoms with Crippen LogP contribution in [-0.2, 0) is 4.79 Å². The number of alkyl halides is 6. The molecule has 12 heteroatoms. The van der Waals surface area contributed by atoms with Gasteiger partial charge in [0.05, 0.1) is 23.3 Å². The highest BCUT2D eigenvalue weighted by Crippen LogP contribution is 2.39. The first kappa shape index (κ1) is 26.5. The molecule has 0 spiro atoms. The summed E-state index contributed by atoms with van der Waals surface area (Å²) in [5.41, 5.74) is 0.158. The lowest BCUT2D eigenvalue weighted by atomic mass is 9.94. The van der Waals surface area contributed by atoms with E-state index in [2.05, 4.69) is 20.4 Å². The van der Waals surface area contributed by atoms with Gasteiger partial charge in [-0.15, -0.1) is 13.2 Å². The molecule has 2 N–H and O–H groups in total. The van der Waals surface area contributed by atoms with E-state index in [1.54, 1.807) is 26.0 Å². The second-order valence-electron chi connectivity index (χ2n) is 9.19. The molecule has 1 fully saturated rings. The van der Waals surface area contributed by atoms with Gasteiger partial charge in [0.1, 0.15) is 5.75 Å². The number of nitrogens with zero attached hydrogens (tertiary/aromatic N) is 2. The number of halogens is 6. The summed E-state index contributed by atoms with van der Waals surface area (Å²) in [5, 5.41) is 5.31. The van der Waals surface area contributed by atoms with Crippen LogP contribution in [0.25, 0.3) is 0 Å². The molecule has 0 aromatic heterocycles. The van der Waals surface area contributed by atoms with E-state index in [0.717, 1.165) is 17.7 Å². The Balaban J connectivity index is 1.61. The molecule has 4 rings (SSSR count). The number of amides is 1. The molecule has 198 valence electrons. The molecule has 0 radical (unpaired) electrons. The molecule has 0 aliphatic carbocycles. The van der Waals surface area contributed by atoms with E-state index in [9.17, 15) is 31.1 Å². The Morgan fingerprint density at radius 1 is 1.00 bits per heavy atom. The van der Waals surface area contributed by atoms with Gasteiger partial charge in [0.25, 0.3) is 0 Å². The quantitative estimate of drug-likeness (QED) is 0.505. The van der Waals surface area contributed by atoms with Gasteiger partial charge < -0.3 is 15.0 Å². The van der Waals surface area contributed by atoms with Gasteiger partial charge in [0.15, 0.2) is 0 Å². The summed E-state index contributed by atoms with van der Waals surface area (Å²) < 4.78 is 81.2. The largest absolute Gasteiger partial charge is 0.573 e. The van der Waals surface area contributed by atoms with Crippen molar-refractivity contribution in [3.8, 4) is 5.75 Å². The molecule has 1 unspecified atom stereocenters. The zero-order valence-corrected chi connectivity index (χ0v) is 19.8. The number of carbonyl (C=O) groups excluding carboxylic acids is 1. The van der Waals surface area contributed by atoms with Crippen molar-refractivity contribution >= 4 is 17.3 Å². The minimum absolute atomic E-state index is 0.115. The standard InChI is InChI=1S/C25H24F6N4O2/c1-23(2,20-12-13-32-22(33-20)24(26,27)28)34-18-14-19(15-6-4-3-5-7-15)35(21(18)36)16-8-10-17(11-9-16)37-25(29,30)31/h3-13,18-19,22,32,34H,14H2,1-2H3/t18-,19-,22?/m1/s1. The van der Waals surface area contributed by atoms with Crippen LogP contribution in [0.5, 0.6) is 5.75 Å². The molecule has 1 saturated heterocycles. The van der Waals surface area contributed by atoms with Gasteiger partial charge in [-0.2, -0.15) is 13.2 Å². The fourth-order valence-corrected chi connectivity index (χ4v) is 4.43. The summed E-state index contributed by atoms with van der Waals surface area (Å²) >= 11 is 0. The smallest absolute Gasteiger partial charge is 0.406 e. The Hall–Kier alpha value is -3.54. The second kappa shape index (κ2) is 9.73. The Bertz CT molecular complexity index is 1180. The van der Waals surface area contributed by atoms with Gasteiger partial charge in [-0.25, -0.2) is 0 Å². The predicted molar refractivity (Wildman–Crippen MR) is 125 cm³/mol. The van der Waals surface area contributed by atoms with E-state index < -0.39 is 42.1 Å². The van der Waals surface area contributed by atoms with Crippen LogP contribution in [0.15, 0.2) is 71.9 Å². The molecule has 2 aromatic carbocycles. The first-order chi connectivity index (χ1) is 17.2. The molecule has 0 bridgehead atoms. The zero-order valence-electron chi connectivity index (χ0n) is 19.8. The van der Waals surface area contributed by atoms with Crippen molar-refractivity contribution < 1.29 is 35.9 Å². The number of nitrogens with one attached hydrogen (secondary N) is 2. The summed E-state index contributed by atoms with van der Waals surface area (Å²) in [6.45, 7) is 3.26. The molecule has 6 nitrogen and oxygen atoms in total. The number of ether oxygens (including phenoxy) is 1. The van der Waals surface area contributed by atoms with Gasteiger partial charge in [-0.1, -0.05) is 30.3 Å². The number of rotatable bonds is 6. The molecule has 2 aliphatic rings.